The predicted octanol–water partition coefficient (Wildman–Crippen LogP) is -0.515. The lowest BCUT2D eigenvalue weighted by molar-refractivity contribution is -0.314. The van der Waals surface area contributed by atoms with Crippen LogP contribution in [0.4, 0.5) is 0 Å². The normalized spacial score (nSPS) is 16.6. The summed E-state index contributed by atoms with van der Waals surface area (Å²) in [7, 11) is -4.47. The monoisotopic (exact) mass is 142 g/mol. The molecule has 0 saturated carbocycles. The molecular formula is C2H4ClO3P-2. The maximum atomic E-state index is 9.67. The first-order valence-electron chi connectivity index (χ1n) is 1.60. The zero-order valence-electron chi connectivity index (χ0n) is 3.63. The summed E-state index contributed by atoms with van der Waals surface area (Å²) in [5.41, 5.74) is 0. The first kappa shape index (κ1) is 7.44. The van der Waals surface area contributed by atoms with Gasteiger partial charge in [-0.1, -0.05) is 0 Å². The van der Waals surface area contributed by atoms with Gasteiger partial charge in [0.1, 0.15) is 0 Å². The van der Waals surface area contributed by atoms with Crippen LogP contribution in [0.2, 0.25) is 0 Å². The minimum atomic E-state index is -4.47. The molecule has 0 spiro atoms. The summed E-state index contributed by atoms with van der Waals surface area (Å²) in [4.78, 5) is 19.3. The molecule has 0 amide bonds. The summed E-state index contributed by atoms with van der Waals surface area (Å²) in [6, 6.07) is 0. The van der Waals surface area contributed by atoms with Crippen LogP contribution in [0, 0.1) is 0 Å². The van der Waals surface area contributed by atoms with Crippen LogP contribution in [0.5, 0.6) is 0 Å². The van der Waals surface area contributed by atoms with Gasteiger partial charge in [-0.25, -0.2) is 0 Å². The molecule has 0 saturated heterocycles. The maximum absolute atomic E-state index is 9.67. The van der Waals surface area contributed by atoms with E-state index in [1.807, 2.05) is 0 Å². The fourth-order valence-electron chi connectivity index (χ4n) is 0. The molecule has 0 fully saturated rings. The van der Waals surface area contributed by atoms with E-state index in [0.29, 0.717) is 0 Å². The minimum Gasteiger partial charge on any atom is -0.810 e. The Morgan fingerprint density at radius 2 is 1.86 bits per heavy atom. The largest absolute Gasteiger partial charge is 0.810 e. The Bertz CT molecular complexity index is 95.1. The second kappa shape index (κ2) is 2.14. The van der Waals surface area contributed by atoms with Crippen molar-refractivity contribution in [2.75, 3.05) is 0 Å². The van der Waals surface area contributed by atoms with Crippen LogP contribution in [0.3, 0.4) is 0 Å². The van der Waals surface area contributed by atoms with E-state index in [2.05, 4.69) is 0 Å². The van der Waals surface area contributed by atoms with Crippen molar-refractivity contribution in [1.29, 1.82) is 0 Å². The molecule has 0 aliphatic heterocycles. The fraction of sp³-hybridized carbons (Fsp3) is 1.00. The third kappa shape index (κ3) is 3.06. The molecule has 1 unspecified atom stereocenters. The van der Waals surface area contributed by atoms with Gasteiger partial charge in [0.2, 0.25) is 0 Å². The zero-order chi connectivity index (χ0) is 6.08. The van der Waals surface area contributed by atoms with Gasteiger partial charge in [0.15, 0.2) is 0 Å². The molecule has 0 aromatic rings. The van der Waals surface area contributed by atoms with Gasteiger partial charge in [0, 0.05) is 0 Å². The van der Waals surface area contributed by atoms with Gasteiger partial charge in [0.25, 0.3) is 0 Å². The van der Waals surface area contributed by atoms with E-state index < -0.39 is 12.7 Å². The lowest BCUT2D eigenvalue weighted by atomic mass is 11.0. The van der Waals surface area contributed by atoms with Crippen LogP contribution < -0.4 is 9.79 Å². The number of hydrogen-bond acceptors (Lipinski definition) is 3. The van der Waals surface area contributed by atoms with Crippen molar-refractivity contribution in [3.8, 4) is 0 Å². The Kier molecular flexibility index (Phi) is 2.27. The molecule has 44 valence electrons. The number of hydrogen-bond donors (Lipinski definition) is 0. The topological polar surface area (TPSA) is 63.2 Å². The van der Waals surface area contributed by atoms with Gasteiger partial charge in [-0.2, -0.15) is 0 Å². The molecule has 5 heteroatoms. The molecule has 1 atom stereocenters. The van der Waals surface area contributed by atoms with E-state index in [-0.39, 0.29) is 0 Å². The second-order valence-electron chi connectivity index (χ2n) is 1.11. The molecule has 0 N–H and O–H groups in total. The van der Waals surface area contributed by atoms with Gasteiger partial charge in [-0.05, 0) is 14.5 Å². The molecule has 7 heavy (non-hydrogen) atoms. The molecular weight excluding hydrogens is 138 g/mol. The van der Waals surface area contributed by atoms with Gasteiger partial charge >= 0.3 is 0 Å². The quantitative estimate of drug-likeness (QED) is 0.366. The summed E-state index contributed by atoms with van der Waals surface area (Å²) in [5.74, 6) is 0. The van der Waals surface area contributed by atoms with E-state index in [1.165, 1.54) is 0 Å². The number of rotatable bonds is 1. The van der Waals surface area contributed by atoms with E-state index in [9.17, 15) is 14.4 Å². The van der Waals surface area contributed by atoms with E-state index in [0.717, 1.165) is 6.92 Å². The third-order valence-corrected chi connectivity index (χ3v) is 2.02. The summed E-state index contributed by atoms with van der Waals surface area (Å²) in [6.45, 7) is 1.13. The van der Waals surface area contributed by atoms with E-state index in [4.69, 9.17) is 11.6 Å². The highest BCUT2D eigenvalue weighted by molar-refractivity contribution is 7.51. The van der Waals surface area contributed by atoms with Gasteiger partial charge < -0.3 is 14.4 Å². The number of halogens is 1. The van der Waals surface area contributed by atoms with E-state index >= 15 is 0 Å². The van der Waals surface area contributed by atoms with Crippen molar-refractivity contribution < 1.29 is 14.4 Å². The van der Waals surface area contributed by atoms with Crippen LogP contribution in [-0.4, -0.2) is 5.12 Å². The smallest absolute Gasteiger partial charge is 0.0582 e. The van der Waals surface area contributed by atoms with Gasteiger partial charge in [-0.3, -0.25) is 0 Å². The Morgan fingerprint density at radius 1 is 1.71 bits per heavy atom. The molecule has 3 nitrogen and oxygen atoms in total. The summed E-state index contributed by atoms with van der Waals surface area (Å²) in [6.07, 6.45) is 0. The predicted molar refractivity (Wildman–Crippen MR) is 22.9 cm³/mol. The Balaban J connectivity index is 3.80. The third-order valence-electron chi connectivity index (χ3n) is 0.436. The van der Waals surface area contributed by atoms with Crippen LogP contribution in [0.15, 0.2) is 0 Å². The van der Waals surface area contributed by atoms with Crippen molar-refractivity contribution in [3.63, 3.8) is 0 Å². The average molecular weight is 142 g/mol. The summed E-state index contributed by atoms with van der Waals surface area (Å²) < 4.78 is 9.67. The van der Waals surface area contributed by atoms with Crippen LogP contribution in [0.1, 0.15) is 6.92 Å². The van der Waals surface area contributed by atoms with Crippen molar-refractivity contribution in [1.82, 2.24) is 0 Å². The first-order valence-corrected chi connectivity index (χ1v) is 3.65. The highest BCUT2D eigenvalue weighted by Crippen LogP contribution is 2.32. The van der Waals surface area contributed by atoms with Crippen molar-refractivity contribution in [2.24, 2.45) is 0 Å². The lowest BCUT2D eigenvalue weighted by Crippen LogP contribution is -2.19. The molecule has 0 heterocycles. The SMILES string of the molecule is CC(Cl)P(=O)([O-])[O-]. The molecule has 0 aliphatic carbocycles. The summed E-state index contributed by atoms with van der Waals surface area (Å²) >= 11 is 4.87. The second-order valence-corrected chi connectivity index (χ2v) is 3.93. The standard InChI is InChI=1S/C2H6ClO3P/c1-2(3)7(4,5)6/h2H,1H3,(H2,4,5,6)/p-2. The summed E-state index contributed by atoms with van der Waals surface area (Å²) in [5, 5.41) is -1.28. The Morgan fingerprint density at radius 3 is 1.86 bits per heavy atom. The fourth-order valence-corrected chi connectivity index (χ4v) is 0. The lowest BCUT2D eigenvalue weighted by Gasteiger charge is -2.31. The van der Waals surface area contributed by atoms with Crippen molar-refractivity contribution >= 4 is 19.2 Å². The van der Waals surface area contributed by atoms with Crippen molar-refractivity contribution in [2.45, 2.75) is 12.0 Å². The molecule has 0 aliphatic rings. The maximum Gasteiger partial charge on any atom is 0.0582 e. The van der Waals surface area contributed by atoms with Gasteiger partial charge in [0.05, 0.1) is 5.12 Å². The average Bonchev–Trinajstić information content (AvgIpc) is 1.31. The Hall–Kier alpha value is 0.440. The Labute approximate surface area is 46.5 Å². The zero-order valence-corrected chi connectivity index (χ0v) is 5.28. The molecule has 0 radical (unpaired) electrons. The molecule has 0 aromatic heterocycles. The first-order chi connectivity index (χ1) is 2.94. The molecule has 0 aromatic carbocycles. The molecule has 0 bridgehead atoms. The highest BCUT2D eigenvalue weighted by Gasteiger charge is 1.97. The number of alkyl halides is 1. The van der Waals surface area contributed by atoms with Crippen LogP contribution in [-0.2, 0) is 4.57 Å². The highest BCUT2D eigenvalue weighted by atomic mass is 35.5. The van der Waals surface area contributed by atoms with E-state index in [1.54, 1.807) is 0 Å². The van der Waals surface area contributed by atoms with Gasteiger partial charge in [-0.15, -0.1) is 11.6 Å². The van der Waals surface area contributed by atoms with Crippen LogP contribution >= 0.6 is 19.2 Å². The molecule has 0 rings (SSSR count). The minimum absolute atomic E-state index is 1.13. The van der Waals surface area contributed by atoms with Crippen molar-refractivity contribution in [3.05, 3.63) is 0 Å². The van der Waals surface area contributed by atoms with Crippen LogP contribution in [0.25, 0.3) is 0 Å².